The molecule has 0 unspecified atom stereocenters. The summed E-state index contributed by atoms with van der Waals surface area (Å²) in [6.45, 7) is 3.65. The molecule has 0 bridgehead atoms. The summed E-state index contributed by atoms with van der Waals surface area (Å²) in [5, 5.41) is 8.62. The highest BCUT2D eigenvalue weighted by Crippen LogP contribution is 2.31. The first-order chi connectivity index (χ1) is 14.9. The number of nitrogens with one attached hydrogen (secondary N) is 2. The smallest absolute Gasteiger partial charge is 0.251 e. The van der Waals surface area contributed by atoms with Gasteiger partial charge in [-0.2, -0.15) is 0 Å². The van der Waals surface area contributed by atoms with Crippen LogP contribution in [0.3, 0.4) is 0 Å². The highest BCUT2D eigenvalue weighted by molar-refractivity contribution is 7.19. The number of ketones is 1. The van der Waals surface area contributed by atoms with Crippen LogP contribution >= 0.6 is 22.7 Å². The standard InChI is InChI=1S/C22H25N5O2S2/c1-13-9-11-30-18(13)17(28)19-20(23)26-22(31-19)25-15-7-5-14(6-8-15)21(29)24-12-16-4-3-10-27(16)2/h5-9,11,16H,3-4,10,12,23H2,1-2H3,(H,24,29)(H,25,26)/t16-/m0/s1. The Morgan fingerprint density at radius 2 is 2.00 bits per heavy atom. The van der Waals surface area contributed by atoms with Crippen molar-refractivity contribution in [1.29, 1.82) is 0 Å². The molecule has 1 aliphatic heterocycles. The zero-order chi connectivity index (χ0) is 22.0. The number of nitrogens with two attached hydrogens (primary N) is 1. The lowest BCUT2D eigenvalue weighted by molar-refractivity contribution is 0.0943. The van der Waals surface area contributed by atoms with Crippen molar-refractivity contribution in [1.82, 2.24) is 15.2 Å². The Bertz CT molecular complexity index is 1090. The first-order valence-corrected chi connectivity index (χ1v) is 11.8. The van der Waals surface area contributed by atoms with Crippen LogP contribution < -0.4 is 16.4 Å². The second-order valence-electron chi connectivity index (χ2n) is 7.68. The Balaban J connectivity index is 1.38. The van der Waals surface area contributed by atoms with Gasteiger partial charge in [-0.25, -0.2) is 4.98 Å². The number of benzene rings is 1. The number of likely N-dealkylation sites (tertiary alicyclic amines) is 1. The molecule has 1 aromatic carbocycles. The Hall–Kier alpha value is -2.75. The highest BCUT2D eigenvalue weighted by atomic mass is 32.1. The molecule has 0 spiro atoms. The molecule has 1 aliphatic rings. The topological polar surface area (TPSA) is 100 Å². The van der Waals surface area contributed by atoms with Crippen LogP contribution in [0.1, 0.15) is 43.3 Å². The Morgan fingerprint density at radius 3 is 2.65 bits per heavy atom. The van der Waals surface area contributed by atoms with Crippen LogP contribution in [-0.2, 0) is 0 Å². The number of nitrogens with zero attached hydrogens (tertiary/aromatic N) is 2. The molecular weight excluding hydrogens is 430 g/mol. The molecule has 1 atom stereocenters. The van der Waals surface area contributed by atoms with Gasteiger partial charge in [0.2, 0.25) is 5.78 Å². The van der Waals surface area contributed by atoms with Gasteiger partial charge in [-0.1, -0.05) is 11.3 Å². The van der Waals surface area contributed by atoms with Gasteiger partial charge in [0.05, 0.1) is 4.88 Å². The molecule has 2 aromatic heterocycles. The molecule has 31 heavy (non-hydrogen) atoms. The summed E-state index contributed by atoms with van der Waals surface area (Å²) < 4.78 is 0. The number of carbonyl (C=O) groups is 2. The number of thiazole rings is 1. The van der Waals surface area contributed by atoms with Crippen LogP contribution in [0.4, 0.5) is 16.6 Å². The lowest BCUT2D eigenvalue weighted by atomic mass is 10.1. The zero-order valence-corrected chi connectivity index (χ0v) is 19.1. The summed E-state index contributed by atoms with van der Waals surface area (Å²) in [7, 11) is 2.09. The molecule has 7 nitrogen and oxygen atoms in total. The number of amides is 1. The van der Waals surface area contributed by atoms with E-state index >= 15 is 0 Å². The fourth-order valence-corrected chi connectivity index (χ4v) is 5.42. The third kappa shape index (κ3) is 4.79. The van der Waals surface area contributed by atoms with Crippen LogP contribution in [0.15, 0.2) is 35.7 Å². The third-order valence-electron chi connectivity index (χ3n) is 5.50. The van der Waals surface area contributed by atoms with Crippen molar-refractivity contribution in [3.63, 3.8) is 0 Å². The molecule has 4 rings (SSSR count). The number of carbonyl (C=O) groups excluding carboxylic acids is 2. The number of likely N-dealkylation sites (N-methyl/N-ethyl adjacent to an activating group) is 1. The van der Waals surface area contributed by atoms with E-state index in [1.54, 1.807) is 12.1 Å². The van der Waals surface area contributed by atoms with Crippen LogP contribution in [-0.4, -0.2) is 47.8 Å². The fourth-order valence-electron chi connectivity index (χ4n) is 3.63. The van der Waals surface area contributed by atoms with Crippen LogP contribution in [0.5, 0.6) is 0 Å². The van der Waals surface area contributed by atoms with E-state index < -0.39 is 0 Å². The maximum Gasteiger partial charge on any atom is 0.251 e. The van der Waals surface area contributed by atoms with Gasteiger partial charge in [-0.3, -0.25) is 9.59 Å². The van der Waals surface area contributed by atoms with Crippen molar-refractivity contribution in [2.45, 2.75) is 25.8 Å². The monoisotopic (exact) mass is 455 g/mol. The molecule has 9 heteroatoms. The summed E-state index contributed by atoms with van der Waals surface area (Å²) in [5.41, 5.74) is 8.31. The quantitative estimate of drug-likeness (QED) is 0.467. The second-order valence-corrected chi connectivity index (χ2v) is 9.60. The summed E-state index contributed by atoms with van der Waals surface area (Å²) in [6.07, 6.45) is 2.30. The summed E-state index contributed by atoms with van der Waals surface area (Å²) in [6, 6.07) is 9.51. The molecule has 1 amide bonds. The van der Waals surface area contributed by atoms with Gasteiger partial charge in [0.1, 0.15) is 10.7 Å². The molecular formula is C22H25N5O2S2. The van der Waals surface area contributed by atoms with E-state index in [-0.39, 0.29) is 17.5 Å². The zero-order valence-electron chi connectivity index (χ0n) is 17.5. The minimum atomic E-state index is -0.101. The van der Waals surface area contributed by atoms with Gasteiger partial charge in [-0.15, -0.1) is 11.3 Å². The van der Waals surface area contributed by atoms with Gasteiger partial charge in [-0.05, 0) is 74.6 Å². The number of aryl methyl sites for hydroxylation is 1. The lowest BCUT2D eigenvalue weighted by Gasteiger charge is -2.19. The van der Waals surface area contributed by atoms with E-state index in [2.05, 4.69) is 27.6 Å². The SMILES string of the molecule is Cc1ccsc1C(=O)c1sc(Nc2ccc(C(=O)NC[C@@H]3CCCN3C)cc2)nc1N. The number of nitrogen functional groups attached to an aromatic ring is 1. The van der Waals surface area contributed by atoms with Crippen molar-refractivity contribution in [2.24, 2.45) is 0 Å². The van der Waals surface area contributed by atoms with Gasteiger partial charge in [0.15, 0.2) is 5.13 Å². The van der Waals surface area contributed by atoms with Gasteiger partial charge in [0.25, 0.3) is 5.91 Å². The van der Waals surface area contributed by atoms with Gasteiger partial charge in [0, 0.05) is 23.8 Å². The number of hydrogen-bond acceptors (Lipinski definition) is 8. The van der Waals surface area contributed by atoms with Crippen LogP contribution in [0, 0.1) is 6.92 Å². The predicted octanol–water partition coefficient (Wildman–Crippen LogP) is 3.89. The van der Waals surface area contributed by atoms with Crippen LogP contribution in [0.2, 0.25) is 0 Å². The van der Waals surface area contributed by atoms with Gasteiger partial charge >= 0.3 is 0 Å². The van der Waals surface area contributed by atoms with Crippen molar-refractivity contribution in [3.05, 3.63) is 56.6 Å². The number of thiophene rings is 1. The number of anilines is 3. The normalized spacial score (nSPS) is 16.4. The molecule has 0 aliphatic carbocycles. The average molecular weight is 456 g/mol. The second kappa shape index (κ2) is 9.17. The van der Waals surface area contributed by atoms with Crippen molar-refractivity contribution in [3.8, 4) is 0 Å². The van der Waals surface area contributed by atoms with Gasteiger partial charge < -0.3 is 21.3 Å². The van der Waals surface area contributed by atoms with E-state index in [0.717, 1.165) is 24.2 Å². The van der Waals surface area contributed by atoms with Crippen molar-refractivity contribution >= 4 is 51.0 Å². The highest BCUT2D eigenvalue weighted by Gasteiger charge is 2.22. The van der Waals surface area contributed by atoms with Crippen LogP contribution in [0.25, 0.3) is 0 Å². The minimum Gasteiger partial charge on any atom is -0.382 e. The average Bonchev–Trinajstić information content (AvgIpc) is 3.46. The Labute approximate surface area is 189 Å². The molecule has 162 valence electrons. The first-order valence-electron chi connectivity index (χ1n) is 10.1. The molecule has 1 saturated heterocycles. The molecule has 0 saturated carbocycles. The van der Waals surface area contributed by atoms with Crippen molar-refractivity contribution in [2.75, 3.05) is 31.2 Å². The fraction of sp³-hybridized carbons (Fsp3) is 0.318. The number of aromatic nitrogens is 1. The van der Waals surface area contributed by atoms with E-state index in [1.165, 1.54) is 29.1 Å². The minimum absolute atomic E-state index is 0.0791. The lowest BCUT2D eigenvalue weighted by Crippen LogP contribution is -2.38. The molecule has 1 fully saturated rings. The first kappa shape index (κ1) is 21.5. The molecule has 3 aromatic rings. The van der Waals surface area contributed by atoms with Crippen molar-refractivity contribution < 1.29 is 9.59 Å². The molecule has 0 radical (unpaired) electrons. The predicted molar refractivity (Wildman–Crippen MR) is 127 cm³/mol. The molecule has 3 heterocycles. The third-order valence-corrected chi connectivity index (χ3v) is 7.50. The van der Waals surface area contributed by atoms with E-state index in [9.17, 15) is 9.59 Å². The largest absolute Gasteiger partial charge is 0.382 e. The Morgan fingerprint density at radius 1 is 1.23 bits per heavy atom. The summed E-state index contributed by atoms with van der Waals surface area (Å²) in [4.78, 5) is 32.9. The number of rotatable bonds is 7. The summed E-state index contributed by atoms with van der Waals surface area (Å²) >= 11 is 2.63. The van der Waals surface area contributed by atoms with E-state index in [0.29, 0.717) is 33.0 Å². The maximum absolute atomic E-state index is 12.7. The maximum atomic E-state index is 12.7. The van der Waals surface area contributed by atoms with E-state index in [4.69, 9.17) is 5.73 Å². The summed E-state index contributed by atoms with van der Waals surface area (Å²) in [5.74, 6) is 0.0400. The van der Waals surface area contributed by atoms with E-state index in [1.807, 2.05) is 30.5 Å². The number of hydrogen-bond donors (Lipinski definition) is 3. The Kier molecular flexibility index (Phi) is 6.35. The molecule has 4 N–H and O–H groups in total.